The van der Waals surface area contributed by atoms with Crippen LogP contribution in [0.5, 0.6) is 5.75 Å². The summed E-state index contributed by atoms with van der Waals surface area (Å²) >= 11 is 8.20. The first-order valence-corrected chi connectivity index (χ1v) is 13.0. The van der Waals surface area contributed by atoms with Crippen LogP contribution in [0.2, 0.25) is 5.02 Å². The Balaban J connectivity index is 0.000000623. The van der Waals surface area contributed by atoms with Crippen LogP contribution in [-0.4, -0.2) is 25.4 Å². The molecule has 0 fully saturated rings. The van der Waals surface area contributed by atoms with Crippen LogP contribution in [0.25, 0.3) is 0 Å². The lowest BCUT2D eigenvalue weighted by Gasteiger charge is -2.26. The van der Waals surface area contributed by atoms with Crippen LogP contribution in [0, 0.1) is 0 Å². The van der Waals surface area contributed by atoms with Gasteiger partial charge in [-0.2, -0.15) is 0 Å². The van der Waals surface area contributed by atoms with Gasteiger partial charge in [0, 0.05) is 11.1 Å². The molecule has 1 aliphatic heterocycles. The maximum Gasteiger partial charge on any atom is 0.673 e. The van der Waals surface area contributed by atoms with Gasteiger partial charge in [0.05, 0.1) is 16.4 Å². The molecule has 0 radical (unpaired) electrons. The van der Waals surface area contributed by atoms with Crippen LogP contribution in [-0.2, 0) is 20.4 Å². The summed E-state index contributed by atoms with van der Waals surface area (Å²) in [5.41, 5.74) is -1.12. The molecule has 0 saturated heterocycles. The van der Waals surface area contributed by atoms with Gasteiger partial charge in [-0.3, -0.25) is 0 Å². The smallest absolute Gasteiger partial charge is 0.471 e. The molecule has 186 valence electrons. The molecule has 11 heteroatoms. The van der Waals surface area contributed by atoms with E-state index in [1.165, 1.54) is 19.6 Å². The van der Waals surface area contributed by atoms with Crippen molar-refractivity contribution in [1.29, 1.82) is 0 Å². The first-order valence-electron chi connectivity index (χ1n) is 10.5. The minimum atomic E-state index is -6.00. The van der Waals surface area contributed by atoms with Crippen molar-refractivity contribution in [1.82, 2.24) is 0 Å². The molecule has 3 aromatic carbocycles. The molecule has 0 N–H and O–H groups in total. The largest absolute Gasteiger partial charge is 0.673 e. The van der Waals surface area contributed by atoms with Gasteiger partial charge < -0.3 is 26.7 Å². The third-order valence-electron chi connectivity index (χ3n) is 4.62. The van der Waals surface area contributed by atoms with E-state index in [1.54, 1.807) is 38.6 Å². The van der Waals surface area contributed by atoms with Crippen molar-refractivity contribution in [2.45, 2.75) is 50.8 Å². The van der Waals surface area contributed by atoms with Gasteiger partial charge in [0.25, 0.3) is 0 Å². The van der Waals surface area contributed by atoms with E-state index < -0.39 is 29.7 Å². The van der Waals surface area contributed by atoms with Gasteiger partial charge >= 0.3 is 13.2 Å². The maximum absolute atomic E-state index is 12.4. The Bertz CT molecular complexity index is 1160. The molecular formula is C24H22BClF4O3S2. The van der Waals surface area contributed by atoms with Gasteiger partial charge in [0.2, 0.25) is 4.90 Å². The summed E-state index contributed by atoms with van der Waals surface area (Å²) in [6, 6.07) is 22.4. The Morgan fingerprint density at radius 2 is 1.46 bits per heavy atom. The molecule has 0 aromatic heterocycles. The highest BCUT2D eigenvalue weighted by molar-refractivity contribution is 8.04. The molecule has 0 aliphatic carbocycles. The molecule has 1 heterocycles. The van der Waals surface area contributed by atoms with Crippen LogP contribution < -0.4 is 4.74 Å². The van der Waals surface area contributed by atoms with E-state index in [4.69, 9.17) is 21.1 Å². The first kappa shape index (κ1) is 27.3. The Morgan fingerprint density at radius 1 is 0.943 bits per heavy atom. The van der Waals surface area contributed by atoms with Crippen molar-refractivity contribution < 1.29 is 31.5 Å². The zero-order chi connectivity index (χ0) is 25.8. The molecule has 1 aliphatic rings. The minimum absolute atomic E-state index is 0.307. The molecule has 0 unspecified atom stereocenters. The third kappa shape index (κ3) is 7.12. The average molecular weight is 545 g/mol. The Morgan fingerprint density at radius 3 is 1.97 bits per heavy atom. The summed E-state index contributed by atoms with van der Waals surface area (Å²) in [6.45, 7) is 5.55. The zero-order valence-electron chi connectivity index (χ0n) is 19.1. The molecule has 4 rings (SSSR count). The van der Waals surface area contributed by atoms with Crippen molar-refractivity contribution in [3.8, 4) is 5.75 Å². The Labute approximate surface area is 213 Å². The SMILES string of the molecule is CCOC(=O)C(C)(C)Oc1ccc(Cl)cc1[S+]1c2ccccc2Sc2ccccc21.F[B-](F)(F)F. The van der Waals surface area contributed by atoms with Gasteiger partial charge in [0.15, 0.2) is 21.1 Å². The number of carbonyl (C=O) groups is 1. The quantitative estimate of drug-likeness (QED) is 0.111. The highest BCUT2D eigenvalue weighted by atomic mass is 35.5. The number of esters is 1. The number of carbonyl (C=O) groups excluding carboxylic acids is 1. The number of hydrogen-bond acceptors (Lipinski definition) is 4. The van der Waals surface area contributed by atoms with Crippen molar-refractivity contribution in [3.05, 3.63) is 71.8 Å². The minimum Gasteiger partial charge on any atom is -0.471 e. The lowest BCUT2D eigenvalue weighted by molar-refractivity contribution is -0.158. The van der Waals surface area contributed by atoms with Crippen LogP contribution in [0.3, 0.4) is 0 Å². The van der Waals surface area contributed by atoms with Gasteiger partial charge in [0.1, 0.15) is 10.9 Å². The Kier molecular flexibility index (Phi) is 8.72. The third-order valence-corrected chi connectivity index (χ3v) is 8.61. The van der Waals surface area contributed by atoms with E-state index >= 15 is 0 Å². The summed E-state index contributed by atoms with van der Waals surface area (Å²) < 4.78 is 50.5. The second kappa shape index (κ2) is 11.2. The van der Waals surface area contributed by atoms with Gasteiger partial charge in [-0.05, 0) is 57.2 Å². The van der Waals surface area contributed by atoms with E-state index in [2.05, 4.69) is 48.5 Å². The van der Waals surface area contributed by atoms with Crippen molar-refractivity contribution in [2.24, 2.45) is 0 Å². The topological polar surface area (TPSA) is 35.5 Å². The highest BCUT2D eigenvalue weighted by Gasteiger charge is 2.42. The molecule has 0 bridgehead atoms. The number of benzene rings is 3. The van der Waals surface area contributed by atoms with Gasteiger partial charge in [-0.25, -0.2) is 4.79 Å². The molecule has 3 nitrogen and oxygen atoms in total. The fraction of sp³-hybridized carbons (Fsp3) is 0.208. The van der Waals surface area contributed by atoms with E-state index in [9.17, 15) is 22.1 Å². The second-order valence-electron chi connectivity index (χ2n) is 7.72. The predicted octanol–water partition coefficient (Wildman–Crippen LogP) is 7.92. The molecule has 0 spiro atoms. The zero-order valence-corrected chi connectivity index (χ0v) is 21.5. The summed E-state index contributed by atoms with van der Waals surface area (Å²) in [7, 11) is -6.41. The summed E-state index contributed by atoms with van der Waals surface area (Å²) in [6.07, 6.45) is 0. The second-order valence-corrected chi connectivity index (χ2v) is 11.2. The number of halogens is 5. The normalized spacial score (nSPS) is 13.1. The van der Waals surface area contributed by atoms with Crippen molar-refractivity contribution >= 4 is 47.5 Å². The van der Waals surface area contributed by atoms with E-state index in [-0.39, 0.29) is 0 Å². The number of hydrogen-bond donors (Lipinski definition) is 0. The average Bonchev–Trinajstić information content (AvgIpc) is 2.77. The van der Waals surface area contributed by atoms with E-state index in [1.807, 2.05) is 12.1 Å². The van der Waals surface area contributed by atoms with Crippen LogP contribution in [0.1, 0.15) is 20.8 Å². The van der Waals surface area contributed by atoms with Crippen LogP contribution in [0.15, 0.2) is 91.2 Å². The molecule has 35 heavy (non-hydrogen) atoms. The summed E-state index contributed by atoms with van der Waals surface area (Å²) in [4.78, 5) is 18.3. The van der Waals surface area contributed by atoms with Crippen molar-refractivity contribution in [3.63, 3.8) is 0 Å². The van der Waals surface area contributed by atoms with E-state index in [0.29, 0.717) is 17.4 Å². The monoisotopic (exact) mass is 544 g/mol. The molecule has 0 amide bonds. The standard InChI is InChI=1S/C24H22ClO3S2.BF4/c1-4-27-23(26)24(2,3)28-17-14-13-16(25)15-22(17)30-20-11-7-5-9-18(20)29-19-10-6-8-12-21(19)30;2-1(3,4)5/h5-15H,4H2,1-3H3;/q+1;-1. The fourth-order valence-electron chi connectivity index (χ4n) is 3.23. The predicted molar refractivity (Wildman–Crippen MR) is 132 cm³/mol. The number of rotatable bonds is 5. The van der Waals surface area contributed by atoms with Crippen LogP contribution in [0.4, 0.5) is 17.3 Å². The lowest BCUT2D eigenvalue weighted by atomic mass is 10.1. The molecular weight excluding hydrogens is 523 g/mol. The number of ether oxygens (including phenoxy) is 2. The van der Waals surface area contributed by atoms with Gasteiger partial charge in [-0.1, -0.05) is 47.6 Å². The van der Waals surface area contributed by atoms with Crippen molar-refractivity contribution in [2.75, 3.05) is 6.61 Å². The fourth-order valence-corrected chi connectivity index (χ4v) is 7.32. The first-order chi connectivity index (χ1) is 16.4. The van der Waals surface area contributed by atoms with Gasteiger partial charge in [-0.15, -0.1) is 0 Å². The number of fused-ring (bicyclic) bond motifs is 2. The summed E-state index contributed by atoms with van der Waals surface area (Å²) in [5.74, 6) is 0.242. The van der Waals surface area contributed by atoms with Crippen LogP contribution >= 0.6 is 23.4 Å². The molecule has 0 atom stereocenters. The summed E-state index contributed by atoms with van der Waals surface area (Å²) in [5, 5.41) is 0.631. The Hall–Kier alpha value is -2.30. The maximum atomic E-state index is 12.4. The highest BCUT2D eigenvalue weighted by Crippen LogP contribution is 2.50. The lowest BCUT2D eigenvalue weighted by Crippen LogP contribution is -2.40. The van der Waals surface area contributed by atoms with E-state index in [0.717, 1.165) is 4.90 Å². The molecule has 0 saturated carbocycles. The molecule has 3 aromatic rings.